The molecule has 0 N–H and O–H groups in total. The van der Waals surface area contributed by atoms with E-state index in [2.05, 4.69) is 9.73 Å². The molecule has 7 nitrogen and oxygen atoms in total. The van der Waals surface area contributed by atoms with Crippen LogP contribution in [0.15, 0.2) is 53.2 Å². The molecule has 8 heteroatoms. The molecule has 0 atom stereocenters. The van der Waals surface area contributed by atoms with Gasteiger partial charge in [0.05, 0.1) is 19.3 Å². The largest absolute Gasteiger partial charge is 0.490 e. The average molecular weight is 399 g/mol. The van der Waals surface area contributed by atoms with Crippen LogP contribution >= 0.6 is 0 Å². The van der Waals surface area contributed by atoms with Gasteiger partial charge in [0.2, 0.25) is 5.90 Å². The zero-order chi connectivity index (χ0) is 20.8. The van der Waals surface area contributed by atoms with Crippen molar-refractivity contribution in [2.75, 3.05) is 20.3 Å². The first-order valence-electron chi connectivity index (χ1n) is 8.75. The van der Waals surface area contributed by atoms with Gasteiger partial charge in [0.25, 0.3) is 0 Å². The van der Waals surface area contributed by atoms with E-state index >= 15 is 0 Å². The van der Waals surface area contributed by atoms with Gasteiger partial charge in [0.15, 0.2) is 23.8 Å². The van der Waals surface area contributed by atoms with Crippen LogP contribution in [0.3, 0.4) is 0 Å². The number of rotatable bonds is 7. The fourth-order valence-electron chi connectivity index (χ4n) is 2.51. The molecule has 0 aromatic heterocycles. The second-order valence-electron chi connectivity index (χ2n) is 5.82. The van der Waals surface area contributed by atoms with Gasteiger partial charge in [-0.15, -0.1) is 0 Å². The summed E-state index contributed by atoms with van der Waals surface area (Å²) in [5, 5.41) is 0. The van der Waals surface area contributed by atoms with Gasteiger partial charge < -0.3 is 18.9 Å². The Kier molecular flexibility index (Phi) is 6.23. The highest BCUT2D eigenvalue weighted by Gasteiger charge is 2.26. The quantitative estimate of drug-likeness (QED) is 0.526. The number of carbonyl (C=O) groups is 2. The van der Waals surface area contributed by atoms with Crippen molar-refractivity contribution in [3.05, 3.63) is 65.1 Å². The molecule has 150 valence electrons. The fraction of sp³-hybridized carbons (Fsp3) is 0.190. The van der Waals surface area contributed by atoms with Crippen molar-refractivity contribution >= 4 is 23.9 Å². The van der Waals surface area contributed by atoms with Crippen molar-refractivity contribution in [3.63, 3.8) is 0 Å². The lowest BCUT2D eigenvalue weighted by molar-refractivity contribution is -0.143. The molecular weight excluding hydrogens is 381 g/mol. The van der Waals surface area contributed by atoms with Crippen LogP contribution in [0.4, 0.5) is 4.39 Å². The maximum atomic E-state index is 13.9. The number of hydrogen-bond donors (Lipinski definition) is 0. The van der Waals surface area contributed by atoms with Gasteiger partial charge in [0.1, 0.15) is 5.82 Å². The summed E-state index contributed by atoms with van der Waals surface area (Å²) in [6.45, 7) is 1.90. The smallest absolute Gasteiger partial charge is 0.363 e. The molecule has 0 saturated carbocycles. The van der Waals surface area contributed by atoms with Gasteiger partial charge in [-0.2, -0.15) is 0 Å². The minimum Gasteiger partial charge on any atom is -0.490 e. The van der Waals surface area contributed by atoms with Crippen molar-refractivity contribution in [2.24, 2.45) is 4.99 Å². The highest BCUT2D eigenvalue weighted by molar-refractivity contribution is 6.12. The van der Waals surface area contributed by atoms with Crippen molar-refractivity contribution in [1.29, 1.82) is 0 Å². The molecule has 0 amide bonds. The Morgan fingerprint density at radius 3 is 2.69 bits per heavy atom. The van der Waals surface area contributed by atoms with E-state index in [9.17, 15) is 14.0 Å². The highest BCUT2D eigenvalue weighted by atomic mass is 19.1. The first-order chi connectivity index (χ1) is 14.0. The summed E-state index contributed by atoms with van der Waals surface area (Å²) in [6, 6.07) is 10.8. The van der Waals surface area contributed by atoms with E-state index in [-0.39, 0.29) is 23.8 Å². The Morgan fingerprint density at radius 2 is 1.97 bits per heavy atom. The van der Waals surface area contributed by atoms with E-state index in [4.69, 9.17) is 14.2 Å². The van der Waals surface area contributed by atoms with Crippen molar-refractivity contribution < 1.29 is 32.9 Å². The second kappa shape index (κ2) is 9.01. The van der Waals surface area contributed by atoms with E-state index in [1.54, 1.807) is 31.2 Å². The van der Waals surface area contributed by atoms with Crippen molar-refractivity contribution in [3.8, 4) is 11.5 Å². The van der Waals surface area contributed by atoms with Gasteiger partial charge in [-0.05, 0) is 42.8 Å². The summed E-state index contributed by atoms with van der Waals surface area (Å²) < 4.78 is 34.5. The minimum absolute atomic E-state index is 0.0222. The normalized spacial score (nSPS) is 14.4. The van der Waals surface area contributed by atoms with Crippen LogP contribution in [0.5, 0.6) is 11.5 Å². The molecule has 3 rings (SSSR count). The van der Waals surface area contributed by atoms with Gasteiger partial charge in [-0.3, -0.25) is 0 Å². The second-order valence-corrected chi connectivity index (χ2v) is 5.82. The zero-order valence-electron chi connectivity index (χ0n) is 15.8. The minimum atomic E-state index is -0.688. The number of esters is 2. The summed E-state index contributed by atoms with van der Waals surface area (Å²) in [6.07, 6.45) is 1.49. The van der Waals surface area contributed by atoms with Gasteiger partial charge in [-0.1, -0.05) is 18.2 Å². The number of halogens is 1. The Balaban J connectivity index is 1.87. The lowest BCUT2D eigenvalue weighted by Crippen LogP contribution is -2.13. The molecule has 0 spiro atoms. The molecule has 2 aromatic carbocycles. The number of methoxy groups -OCH3 is 1. The molecule has 0 aliphatic carbocycles. The van der Waals surface area contributed by atoms with E-state index in [0.29, 0.717) is 23.7 Å². The SMILES string of the molecule is CCOc1cc(C=C2N=C(c3ccccc3F)OC2=O)ccc1OCC(=O)OC. The molecular formula is C21H18FNO6. The van der Waals surface area contributed by atoms with Gasteiger partial charge >= 0.3 is 11.9 Å². The van der Waals surface area contributed by atoms with E-state index in [1.165, 1.54) is 31.4 Å². The van der Waals surface area contributed by atoms with Gasteiger partial charge in [-0.25, -0.2) is 19.0 Å². The van der Waals surface area contributed by atoms with E-state index < -0.39 is 17.8 Å². The predicted octanol–water partition coefficient (Wildman–Crippen LogP) is 3.12. The first-order valence-corrected chi connectivity index (χ1v) is 8.75. The van der Waals surface area contributed by atoms with Crippen LogP contribution in [0, 0.1) is 5.82 Å². The molecule has 0 radical (unpaired) electrons. The van der Waals surface area contributed by atoms with Crippen molar-refractivity contribution in [2.45, 2.75) is 6.92 Å². The number of benzene rings is 2. The molecule has 0 unspecified atom stereocenters. The lowest BCUT2D eigenvalue weighted by atomic mass is 10.1. The summed E-state index contributed by atoms with van der Waals surface area (Å²) in [5.41, 5.74) is 0.712. The van der Waals surface area contributed by atoms with E-state index in [1.807, 2.05) is 0 Å². The lowest BCUT2D eigenvalue weighted by Gasteiger charge is -2.11. The molecule has 1 aliphatic rings. The van der Waals surface area contributed by atoms with Crippen LogP contribution in [-0.2, 0) is 19.1 Å². The van der Waals surface area contributed by atoms with Crippen LogP contribution in [-0.4, -0.2) is 38.2 Å². The van der Waals surface area contributed by atoms with Crippen LogP contribution in [0.25, 0.3) is 6.08 Å². The third-order valence-electron chi connectivity index (χ3n) is 3.87. The fourth-order valence-corrected chi connectivity index (χ4v) is 2.51. The van der Waals surface area contributed by atoms with E-state index in [0.717, 1.165) is 0 Å². The molecule has 29 heavy (non-hydrogen) atoms. The van der Waals surface area contributed by atoms with Crippen LogP contribution in [0.2, 0.25) is 0 Å². The Morgan fingerprint density at radius 1 is 1.17 bits per heavy atom. The number of hydrogen-bond acceptors (Lipinski definition) is 7. The monoisotopic (exact) mass is 399 g/mol. The standard InChI is InChI=1S/C21H18FNO6/c1-3-27-18-11-13(8-9-17(18)28-12-19(24)26-2)10-16-21(25)29-20(23-16)14-6-4-5-7-15(14)22/h4-11H,3,12H2,1-2H3. The van der Waals surface area contributed by atoms with Gasteiger partial charge in [0, 0.05) is 0 Å². The number of aliphatic imine (C=N–C) groups is 1. The highest BCUT2D eigenvalue weighted by Crippen LogP contribution is 2.30. The maximum Gasteiger partial charge on any atom is 0.363 e. The van der Waals surface area contributed by atoms with Crippen molar-refractivity contribution in [1.82, 2.24) is 0 Å². The number of carbonyl (C=O) groups excluding carboxylic acids is 2. The summed E-state index contributed by atoms with van der Waals surface area (Å²) in [7, 11) is 1.27. The van der Waals surface area contributed by atoms with Crippen LogP contribution < -0.4 is 9.47 Å². The Labute approximate surface area is 166 Å². The molecule has 0 saturated heterocycles. The third-order valence-corrected chi connectivity index (χ3v) is 3.87. The summed E-state index contributed by atoms with van der Waals surface area (Å²) in [5.74, 6) is -1.11. The predicted molar refractivity (Wildman–Crippen MR) is 102 cm³/mol. The Hall–Kier alpha value is -3.68. The average Bonchev–Trinajstić information content (AvgIpc) is 3.07. The molecule has 2 aromatic rings. The molecule has 1 aliphatic heterocycles. The summed E-state index contributed by atoms with van der Waals surface area (Å²) >= 11 is 0. The number of cyclic esters (lactones) is 1. The number of ether oxygens (including phenoxy) is 4. The maximum absolute atomic E-state index is 13.9. The molecule has 0 fully saturated rings. The topological polar surface area (TPSA) is 83.4 Å². The van der Waals surface area contributed by atoms with Crippen LogP contribution in [0.1, 0.15) is 18.1 Å². The number of nitrogens with zero attached hydrogens (tertiary/aromatic N) is 1. The Bertz CT molecular complexity index is 998. The zero-order valence-corrected chi connectivity index (χ0v) is 15.8. The first kappa shape index (κ1) is 20.1. The molecule has 0 bridgehead atoms. The summed E-state index contributed by atoms with van der Waals surface area (Å²) in [4.78, 5) is 27.5. The molecule has 1 heterocycles. The third kappa shape index (κ3) is 4.78.